The molecule has 0 aromatic heterocycles. The van der Waals surface area contributed by atoms with E-state index in [1.165, 1.54) is 161 Å². The summed E-state index contributed by atoms with van der Waals surface area (Å²) in [4.78, 5) is 0. The highest BCUT2D eigenvalue weighted by Crippen LogP contribution is 2.20. The molecule has 2 atom stereocenters. The fourth-order valence-electron chi connectivity index (χ4n) is 5.06. The summed E-state index contributed by atoms with van der Waals surface area (Å²) < 4.78 is 0. The smallest absolute Gasteiger partial charge is 0.0443 e. The molecule has 0 heteroatoms. The first kappa shape index (κ1) is 31.0. The van der Waals surface area contributed by atoms with E-state index in [1.807, 2.05) is 0 Å². The van der Waals surface area contributed by atoms with E-state index in [-0.39, 0.29) is 0 Å². The van der Waals surface area contributed by atoms with Crippen LogP contribution in [0.4, 0.5) is 0 Å². The third-order valence-electron chi connectivity index (χ3n) is 7.49. The highest BCUT2D eigenvalue weighted by molar-refractivity contribution is 4.58. The molecule has 0 saturated heterocycles. The molecule has 0 radical (unpaired) electrons. The summed E-state index contributed by atoms with van der Waals surface area (Å²) in [6.45, 7) is 9.59. The summed E-state index contributed by atoms with van der Waals surface area (Å²) in [5.74, 6) is 1.93. The third kappa shape index (κ3) is 26.1. The summed E-state index contributed by atoms with van der Waals surface area (Å²) in [5.41, 5.74) is 0. The minimum absolute atomic E-state index is 0.965. The first-order valence-electron chi connectivity index (χ1n) is 15.2. The van der Waals surface area contributed by atoms with Crippen LogP contribution in [0.25, 0.3) is 0 Å². The van der Waals surface area contributed by atoms with Crippen molar-refractivity contribution in [2.24, 2.45) is 11.8 Å². The summed E-state index contributed by atoms with van der Waals surface area (Å²) in [7, 11) is 0. The molecule has 0 fully saturated rings. The fourth-order valence-corrected chi connectivity index (χ4v) is 5.06. The molecule has 0 spiro atoms. The second-order valence-electron chi connectivity index (χ2n) is 11.1. The Morgan fingerprint density at radius 1 is 0.290 bits per heavy atom. The van der Waals surface area contributed by atoms with Crippen LogP contribution in [0.3, 0.4) is 0 Å². The van der Waals surface area contributed by atoms with Crippen LogP contribution in [-0.4, -0.2) is 0 Å². The van der Waals surface area contributed by atoms with Crippen molar-refractivity contribution < 1.29 is 0 Å². The van der Waals surface area contributed by atoms with E-state index in [1.54, 1.807) is 0 Å². The summed E-state index contributed by atoms with van der Waals surface area (Å²) in [6.07, 6.45) is 36.6. The molecule has 0 amide bonds. The standard InChI is InChI=1S/C31H64/c1-5-7-9-11-12-13-14-15-16-19-23-28-31(4)29-25-21-18-17-20-24-27-30(3)26-22-10-8-6-2/h30-31H,5-29H2,1-4H3. The predicted molar refractivity (Wildman–Crippen MR) is 145 cm³/mol. The Hall–Kier alpha value is 0. The van der Waals surface area contributed by atoms with E-state index < -0.39 is 0 Å². The van der Waals surface area contributed by atoms with Crippen molar-refractivity contribution in [2.75, 3.05) is 0 Å². The molecule has 0 heterocycles. The maximum atomic E-state index is 2.50. The average molecular weight is 437 g/mol. The quantitative estimate of drug-likeness (QED) is 0.118. The molecule has 188 valence electrons. The highest BCUT2D eigenvalue weighted by Gasteiger charge is 2.04. The zero-order chi connectivity index (χ0) is 22.8. The molecule has 0 N–H and O–H groups in total. The number of hydrogen-bond donors (Lipinski definition) is 0. The van der Waals surface area contributed by atoms with E-state index >= 15 is 0 Å². The lowest BCUT2D eigenvalue weighted by Crippen LogP contribution is -1.96. The van der Waals surface area contributed by atoms with Crippen molar-refractivity contribution in [1.29, 1.82) is 0 Å². The molecule has 31 heavy (non-hydrogen) atoms. The van der Waals surface area contributed by atoms with Crippen LogP contribution in [0.2, 0.25) is 0 Å². The topological polar surface area (TPSA) is 0 Å². The SMILES string of the molecule is CCCCCCCCCCCCCC(C)CCCCCCCCC(C)CCCCCC. The monoisotopic (exact) mass is 437 g/mol. The van der Waals surface area contributed by atoms with Crippen LogP contribution >= 0.6 is 0 Å². The third-order valence-corrected chi connectivity index (χ3v) is 7.49. The van der Waals surface area contributed by atoms with Gasteiger partial charge in [-0.05, 0) is 11.8 Å². The Morgan fingerprint density at radius 2 is 0.484 bits per heavy atom. The van der Waals surface area contributed by atoms with Crippen LogP contribution in [0.1, 0.15) is 188 Å². The lowest BCUT2D eigenvalue weighted by atomic mass is 9.94. The van der Waals surface area contributed by atoms with E-state index in [2.05, 4.69) is 27.7 Å². The van der Waals surface area contributed by atoms with Gasteiger partial charge in [-0.15, -0.1) is 0 Å². The minimum atomic E-state index is 0.965. The highest BCUT2D eigenvalue weighted by atomic mass is 14.1. The van der Waals surface area contributed by atoms with Crippen molar-refractivity contribution in [2.45, 2.75) is 188 Å². The normalized spacial score (nSPS) is 13.5. The molecule has 0 saturated carbocycles. The van der Waals surface area contributed by atoms with Crippen molar-refractivity contribution in [3.05, 3.63) is 0 Å². The average Bonchev–Trinajstić information content (AvgIpc) is 2.77. The predicted octanol–water partition coefficient (Wildman–Crippen LogP) is 12.1. The van der Waals surface area contributed by atoms with Gasteiger partial charge in [0.1, 0.15) is 0 Å². The second kappa shape index (κ2) is 26.3. The number of hydrogen-bond acceptors (Lipinski definition) is 0. The lowest BCUT2D eigenvalue weighted by Gasteiger charge is -2.12. The van der Waals surface area contributed by atoms with Crippen molar-refractivity contribution in [1.82, 2.24) is 0 Å². The summed E-state index contributed by atoms with van der Waals surface area (Å²) in [5, 5.41) is 0. The van der Waals surface area contributed by atoms with Gasteiger partial charge in [-0.1, -0.05) is 188 Å². The Bertz CT molecular complexity index is 307. The van der Waals surface area contributed by atoms with Gasteiger partial charge in [-0.25, -0.2) is 0 Å². The second-order valence-corrected chi connectivity index (χ2v) is 11.1. The first-order valence-corrected chi connectivity index (χ1v) is 15.2. The van der Waals surface area contributed by atoms with Gasteiger partial charge < -0.3 is 0 Å². The van der Waals surface area contributed by atoms with Gasteiger partial charge in [0.15, 0.2) is 0 Å². The molecular formula is C31H64. The van der Waals surface area contributed by atoms with Crippen molar-refractivity contribution in [3.8, 4) is 0 Å². The maximum Gasteiger partial charge on any atom is -0.0443 e. The van der Waals surface area contributed by atoms with E-state index in [0.717, 1.165) is 11.8 Å². The fraction of sp³-hybridized carbons (Fsp3) is 1.00. The van der Waals surface area contributed by atoms with Gasteiger partial charge in [-0.3, -0.25) is 0 Å². The van der Waals surface area contributed by atoms with Gasteiger partial charge in [0.2, 0.25) is 0 Å². The zero-order valence-corrected chi connectivity index (χ0v) is 22.8. The molecule has 0 aliphatic rings. The van der Waals surface area contributed by atoms with Crippen LogP contribution < -0.4 is 0 Å². The van der Waals surface area contributed by atoms with E-state index in [4.69, 9.17) is 0 Å². The number of unbranched alkanes of at least 4 members (excludes halogenated alkanes) is 18. The van der Waals surface area contributed by atoms with Gasteiger partial charge in [-0.2, -0.15) is 0 Å². The maximum absolute atomic E-state index is 2.50. The van der Waals surface area contributed by atoms with Gasteiger partial charge in [0.25, 0.3) is 0 Å². The van der Waals surface area contributed by atoms with E-state index in [0.29, 0.717) is 0 Å². The molecule has 0 aromatic rings. The van der Waals surface area contributed by atoms with Crippen LogP contribution in [0.15, 0.2) is 0 Å². The van der Waals surface area contributed by atoms with Crippen molar-refractivity contribution in [3.63, 3.8) is 0 Å². The first-order chi connectivity index (χ1) is 15.2. The molecule has 0 rings (SSSR count). The molecule has 0 aromatic carbocycles. The van der Waals surface area contributed by atoms with Crippen LogP contribution in [0.5, 0.6) is 0 Å². The molecule has 0 bridgehead atoms. The van der Waals surface area contributed by atoms with Gasteiger partial charge in [0.05, 0.1) is 0 Å². The molecule has 0 nitrogen and oxygen atoms in total. The Balaban J connectivity index is 3.22. The van der Waals surface area contributed by atoms with E-state index in [9.17, 15) is 0 Å². The Labute approximate surface area is 200 Å². The zero-order valence-electron chi connectivity index (χ0n) is 22.8. The van der Waals surface area contributed by atoms with Crippen molar-refractivity contribution >= 4 is 0 Å². The van der Waals surface area contributed by atoms with Gasteiger partial charge >= 0.3 is 0 Å². The van der Waals surface area contributed by atoms with Crippen LogP contribution in [-0.2, 0) is 0 Å². The summed E-state index contributed by atoms with van der Waals surface area (Å²) >= 11 is 0. The molecule has 0 aliphatic heterocycles. The molecule has 2 unspecified atom stereocenters. The summed E-state index contributed by atoms with van der Waals surface area (Å²) in [6, 6.07) is 0. The number of rotatable bonds is 26. The molecule has 0 aliphatic carbocycles. The Morgan fingerprint density at radius 3 is 0.742 bits per heavy atom. The Kier molecular flexibility index (Phi) is 26.3. The van der Waals surface area contributed by atoms with Crippen LogP contribution in [0, 0.1) is 11.8 Å². The minimum Gasteiger partial charge on any atom is -0.0654 e. The van der Waals surface area contributed by atoms with Gasteiger partial charge in [0, 0.05) is 0 Å². The largest absolute Gasteiger partial charge is 0.0654 e. The lowest BCUT2D eigenvalue weighted by molar-refractivity contribution is 0.420. The molecular weight excluding hydrogens is 372 g/mol.